The minimum atomic E-state index is -0.233. The standard InChI is InChI=1S/C14H19NO2S/c1-18-10-13-8-5-9-15(13)14(17-11-16)12-6-3-2-4-7-12/h2-4,6-7,11,13-14H,5,8-10H2,1H3. The van der Waals surface area contributed by atoms with E-state index in [9.17, 15) is 4.79 Å². The number of thioether (sulfide) groups is 1. The van der Waals surface area contributed by atoms with Gasteiger partial charge < -0.3 is 4.74 Å². The Morgan fingerprint density at radius 1 is 1.50 bits per heavy atom. The number of hydrogen-bond acceptors (Lipinski definition) is 4. The third kappa shape index (κ3) is 3.06. The summed E-state index contributed by atoms with van der Waals surface area (Å²) in [7, 11) is 0. The third-order valence-electron chi connectivity index (χ3n) is 3.35. The lowest BCUT2D eigenvalue weighted by molar-refractivity contribution is -0.144. The molecular weight excluding hydrogens is 246 g/mol. The second-order valence-electron chi connectivity index (χ2n) is 4.48. The first kappa shape index (κ1) is 13.4. The van der Waals surface area contributed by atoms with E-state index in [1.807, 2.05) is 42.1 Å². The average molecular weight is 265 g/mol. The molecule has 2 unspecified atom stereocenters. The summed E-state index contributed by atoms with van der Waals surface area (Å²) in [6, 6.07) is 10.5. The summed E-state index contributed by atoms with van der Waals surface area (Å²) in [6.07, 6.45) is 4.25. The van der Waals surface area contributed by atoms with E-state index >= 15 is 0 Å². The van der Waals surface area contributed by atoms with E-state index in [1.165, 1.54) is 12.8 Å². The summed E-state index contributed by atoms with van der Waals surface area (Å²) in [4.78, 5) is 13.1. The lowest BCUT2D eigenvalue weighted by Gasteiger charge is -2.31. The molecule has 18 heavy (non-hydrogen) atoms. The van der Waals surface area contributed by atoms with Crippen LogP contribution in [0.1, 0.15) is 24.6 Å². The number of carbonyl (C=O) groups excluding carboxylic acids is 1. The normalized spacial score (nSPS) is 21.7. The van der Waals surface area contributed by atoms with Gasteiger partial charge in [0.1, 0.15) is 0 Å². The Kier molecular flexibility index (Phi) is 5.08. The average Bonchev–Trinajstić information content (AvgIpc) is 2.85. The van der Waals surface area contributed by atoms with E-state index in [0.717, 1.165) is 17.9 Å². The Morgan fingerprint density at radius 2 is 2.28 bits per heavy atom. The van der Waals surface area contributed by atoms with Crippen LogP contribution in [0.5, 0.6) is 0 Å². The van der Waals surface area contributed by atoms with Crippen LogP contribution in [0.4, 0.5) is 0 Å². The minimum absolute atomic E-state index is 0.233. The Morgan fingerprint density at radius 3 is 2.94 bits per heavy atom. The van der Waals surface area contributed by atoms with Gasteiger partial charge in [0.15, 0.2) is 6.23 Å². The molecule has 2 atom stereocenters. The van der Waals surface area contributed by atoms with Crippen LogP contribution in [0.2, 0.25) is 0 Å². The summed E-state index contributed by atoms with van der Waals surface area (Å²) >= 11 is 1.85. The molecule has 1 aromatic rings. The second-order valence-corrected chi connectivity index (χ2v) is 5.40. The predicted octanol–water partition coefficient (Wildman–Crippen LogP) is 2.69. The number of nitrogens with zero attached hydrogens (tertiary/aromatic N) is 1. The third-order valence-corrected chi connectivity index (χ3v) is 4.07. The fourth-order valence-electron chi connectivity index (χ4n) is 2.56. The van der Waals surface area contributed by atoms with Gasteiger partial charge in [-0.05, 0) is 19.1 Å². The molecule has 4 heteroatoms. The van der Waals surface area contributed by atoms with Crippen LogP contribution in [0.15, 0.2) is 30.3 Å². The van der Waals surface area contributed by atoms with Gasteiger partial charge in [-0.2, -0.15) is 11.8 Å². The van der Waals surface area contributed by atoms with Crippen LogP contribution in [-0.2, 0) is 9.53 Å². The van der Waals surface area contributed by atoms with Crippen molar-refractivity contribution in [2.24, 2.45) is 0 Å². The molecule has 0 N–H and O–H groups in total. The van der Waals surface area contributed by atoms with Crippen molar-refractivity contribution in [1.82, 2.24) is 4.90 Å². The molecule has 0 saturated carbocycles. The van der Waals surface area contributed by atoms with E-state index in [1.54, 1.807) is 0 Å². The van der Waals surface area contributed by atoms with Gasteiger partial charge >= 0.3 is 0 Å². The van der Waals surface area contributed by atoms with Crippen LogP contribution in [0, 0.1) is 0 Å². The molecule has 1 aliphatic heterocycles. The topological polar surface area (TPSA) is 29.5 Å². The first-order chi connectivity index (χ1) is 8.86. The largest absolute Gasteiger partial charge is 0.444 e. The van der Waals surface area contributed by atoms with Crippen molar-refractivity contribution in [2.45, 2.75) is 25.1 Å². The molecule has 98 valence electrons. The Hall–Kier alpha value is -1.00. The molecule has 1 aromatic carbocycles. The smallest absolute Gasteiger partial charge is 0.294 e. The van der Waals surface area contributed by atoms with Crippen LogP contribution in [-0.4, -0.2) is 36.0 Å². The highest BCUT2D eigenvalue weighted by Crippen LogP contribution is 2.31. The van der Waals surface area contributed by atoms with Gasteiger partial charge in [-0.1, -0.05) is 30.3 Å². The zero-order valence-electron chi connectivity index (χ0n) is 10.6. The van der Waals surface area contributed by atoms with Gasteiger partial charge in [0.25, 0.3) is 6.47 Å². The molecule has 0 radical (unpaired) electrons. The van der Waals surface area contributed by atoms with E-state index in [0.29, 0.717) is 12.5 Å². The Labute approximate surface area is 113 Å². The van der Waals surface area contributed by atoms with Gasteiger partial charge in [-0.3, -0.25) is 9.69 Å². The van der Waals surface area contributed by atoms with Crippen molar-refractivity contribution in [3.8, 4) is 0 Å². The highest BCUT2D eigenvalue weighted by molar-refractivity contribution is 7.98. The van der Waals surface area contributed by atoms with E-state index in [2.05, 4.69) is 11.2 Å². The van der Waals surface area contributed by atoms with Crippen LogP contribution in [0.25, 0.3) is 0 Å². The molecule has 3 nitrogen and oxygen atoms in total. The maximum absolute atomic E-state index is 10.8. The maximum atomic E-state index is 10.8. The Bertz CT molecular complexity index is 371. The van der Waals surface area contributed by atoms with Crippen LogP contribution >= 0.6 is 11.8 Å². The van der Waals surface area contributed by atoms with Crippen molar-refractivity contribution in [3.05, 3.63) is 35.9 Å². The first-order valence-electron chi connectivity index (χ1n) is 6.25. The molecule has 0 aliphatic carbocycles. The lowest BCUT2D eigenvalue weighted by atomic mass is 10.1. The first-order valence-corrected chi connectivity index (χ1v) is 7.65. The summed E-state index contributed by atoms with van der Waals surface area (Å²) in [5.41, 5.74) is 1.05. The molecule has 1 saturated heterocycles. The highest BCUT2D eigenvalue weighted by atomic mass is 32.2. The second kappa shape index (κ2) is 6.81. The van der Waals surface area contributed by atoms with Crippen LogP contribution < -0.4 is 0 Å². The fraction of sp³-hybridized carbons (Fsp3) is 0.500. The molecule has 1 heterocycles. The number of ether oxygens (including phenoxy) is 1. The van der Waals surface area contributed by atoms with Crippen molar-refractivity contribution in [3.63, 3.8) is 0 Å². The summed E-state index contributed by atoms with van der Waals surface area (Å²) in [6.45, 7) is 1.56. The van der Waals surface area contributed by atoms with Crippen molar-refractivity contribution in [1.29, 1.82) is 0 Å². The zero-order chi connectivity index (χ0) is 12.8. The van der Waals surface area contributed by atoms with Gasteiger partial charge in [0.2, 0.25) is 0 Å². The highest BCUT2D eigenvalue weighted by Gasteiger charge is 2.32. The summed E-state index contributed by atoms with van der Waals surface area (Å²) < 4.78 is 5.32. The molecule has 1 fully saturated rings. The summed E-state index contributed by atoms with van der Waals surface area (Å²) in [5.74, 6) is 1.09. The van der Waals surface area contributed by atoms with Gasteiger partial charge in [0.05, 0.1) is 0 Å². The lowest BCUT2D eigenvalue weighted by Crippen LogP contribution is -2.36. The van der Waals surface area contributed by atoms with Crippen molar-refractivity contribution in [2.75, 3.05) is 18.6 Å². The summed E-state index contributed by atoms with van der Waals surface area (Å²) in [5, 5.41) is 0. The predicted molar refractivity (Wildman–Crippen MR) is 74.4 cm³/mol. The monoisotopic (exact) mass is 265 g/mol. The van der Waals surface area contributed by atoms with E-state index in [4.69, 9.17) is 4.74 Å². The number of hydrogen-bond donors (Lipinski definition) is 0. The molecule has 0 amide bonds. The van der Waals surface area contributed by atoms with Gasteiger partial charge in [-0.25, -0.2) is 0 Å². The Balaban J connectivity index is 2.16. The number of carbonyl (C=O) groups is 1. The van der Waals surface area contributed by atoms with Crippen LogP contribution in [0.3, 0.4) is 0 Å². The molecule has 0 spiro atoms. The molecule has 2 rings (SSSR count). The quantitative estimate of drug-likeness (QED) is 0.740. The number of rotatable bonds is 6. The molecule has 1 aliphatic rings. The zero-order valence-corrected chi connectivity index (χ0v) is 11.4. The molecule has 0 bridgehead atoms. The fourth-order valence-corrected chi connectivity index (χ4v) is 3.30. The van der Waals surface area contributed by atoms with Crippen molar-refractivity contribution < 1.29 is 9.53 Å². The maximum Gasteiger partial charge on any atom is 0.294 e. The van der Waals surface area contributed by atoms with Gasteiger partial charge in [0, 0.05) is 23.9 Å². The SMILES string of the molecule is CSCC1CCCN1C(OC=O)c1ccccc1. The number of benzene rings is 1. The molecular formula is C14H19NO2S. The van der Waals surface area contributed by atoms with E-state index in [-0.39, 0.29) is 6.23 Å². The van der Waals surface area contributed by atoms with E-state index < -0.39 is 0 Å². The van der Waals surface area contributed by atoms with Gasteiger partial charge in [-0.15, -0.1) is 0 Å². The number of likely N-dealkylation sites (tertiary alicyclic amines) is 1. The molecule has 0 aromatic heterocycles. The minimum Gasteiger partial charge on any atom is -0.444 e. The van der Waals surface area contributed by atoms with Crippen molar-refractivity contribution >= 4 is 18.2 Å².